The van der Waals surface area contributed by atoms with Crippen molar-refractivity contribution in [3.8, 4) is 0 Å². The van der Waals surface area contributed by atoms with Crippen molar-refractivity contribution in [1.82, 2.24) is 5.32 Å². The van der Waals surface area contributed by atoms with Crippen LogP contribution in [0.3, 0.4) is 0 Å². The lowest BCUT2D eigenvalue weighted by atomic mass is 10.1. The Morgan fingerprint density at radius 2 is 2.17 bits per heavy atom. The zero-order valence-electron chi connectivity index (χ0n) is 10.4. The van der Waals surface area contributed by atoms with Gasteiger partial charge in [-0.15, -0.1) is 0 Å². The molecule has 1 aliphatic heterocycles. The topological polar surface area (TPSA) is 53.5 Å². The number of carbonyl (C=O) groups excluding carboxylic acids is 1. The highest BCUT2D eigenvalue weighted by atomic mass is 16.2. The average molecular weight is 243 g/mol. The second-order valence-corrected chi connectivity index (χ2v) is 4.16. The van der Waals surface area contributed by atoms with Crippen LogP contribution in [0.1, 0.15) is 18.9 Å². The highest BCUT2D eigenvalue weighted by Crippen LogP contribution is 2.12. The largest absolute Gasteiger partial charge is 0.342 e. The summed E-state index contributed by atoms with van der Waals surface area (Å²) >= 11 is 0. The number of benzene rings is 1. The van der Waals surface area contributed by atoms with Gasteiger partial charge in [-0.3, -0.25) is 9.79 Å². The maximum atomic E-state index is 11.9. The molecule has 0 saturated carbocycles. The van der Waals surface area contributed by atoms with Gasteiger partial charge in [0.15, 0.2) is 0 Å². The van der Waals surface area contributed by atoms with E-state index in [9.17, 15) is 4.79 Å². The lowest BCUT2D eigenvalue weighted by Crippen LogP contribution is -2.27. The van der Waals surface area contributed by atoms with E-state index >= 15 is 0 Å². The number of nitrogens with zero attached hydrogens (tertiary/aromatic N) is 1. The van der Waals surface area contributed by atoms with Gasteiger partial charge in [0.05, 0.1) is 12.9 Å². The van der Waals surface area contributed by atoms with Crippen LogP contribution in [0, 0.1) is 0 Å². The van der Waals surface area contributed by atoms with Gasteiger partial charge in [0.1, 0.15) is 5.70 Å². The van der Waals surface area contributed by atoms with Gasteiger partial charge in [0.2, 0.25) is 0 Å². The van der Waals surface area contributed by atoms with Crippen molar-refractivity contribution in [1.29, 1.82) is 0 Å². The van der Waals surface area contributed by atoms with Crippen molar-refractivity contribution in [2.45, 2.75) is 19.8 Å². The second kappa shape index (κ2) is 6.00. The van der Waals surface area contributed by atoms with Gasteiger partial charge in [-0.1, -0.05) is 25.5 Å². The number of aryl methyl sites for hydroxylation is 1. The summed E-state index contributed by atoms with van der Waals surface area (Å²) in [6.07, 6.45) is 5.50. The predicted octanol–water partition coefficient (Wildman–Crippen LogP) is 2.09. The first-order valence-electron chi connectivity index (χ1n) is 6.15. The SMILES string of the molecule is CCCc1ccc(NC(=O)C2=CCN=CN2)cc1. The molecule has 0 aromatic heterocycles. The molecule has 0 radical (unpaired) electrons. The first kappa shape index (κ1) is 12.4. The maximum Gasteiger partial charge on any atom is 0.271 e. The van der Waals surface area contributed by atoms with E-state index < -0.39 is 0 Å². The molecule has 0 bridgehead atoms. The molecular formula is C14H17N3O. The smallest absolute Gasteiger partial charge is 0.271 e. The summed E-state index contributed by atoms with van der Waals surface area (Å²) in [5.41, 5.74) is 2.64. The Hall–Kier alpha value is -2.10. The molecule has 0 fully saturated rings. The van der Waals surface area contributed by atoms with E-state index in [1.807, 2.05) is 24.3 Å². The second-order valence-electron chi connectivity index (χ2n) is 4.16. The molecule has 0 unspecified atom stereocenters. The number of hydrogen-bond donors (Lipinski definition) is 2. The van der Waals surface area contributed by atoms with Crippen molar-refractivity contribution in [3.63, 3.8) is 0 Å². The molecule has 1 aromatic carbocycles. The van der Waals surface area contributed by atoms with E-state index in [0.29, 0.717) is 12.2 Å². The number of hydrogen-bond acceptors (Lipinski definition) is 3. The third kappa shape index (κ3) is 3.20. The normalized spacial score (nSPS) is 13.7. The van der Waals surface area contributed by atoms with Gasteiger partial charge in [0.25, 0.3) is 5.91 Å². The molecule has 0 atom stereocenters. The van der Waals surface area contributed by atoms with E-state index in [1.54, 1.807) is 12.4 Å². The molecule has 4 nitrogen and oxygen atoms in total. The molecule has 1 aliphatic rings. The van der Waals surface area contributed by atoms with Crippen molar-refractivity contribution in [2.24, 2.45) is 4.99 Å². The Balaban J connectivity index is 1.96. The average Bonchev–Trinajstić information content (AvgIpc) is 2.42. The fourth-order valence-corrected chi connectivity index (χ4v) is 1.77. The van der Waals surface area contributed by atoms with E-state index in [4.69, 9.17) is 0 Å². The van der Waals surface area contributed by atoms with Gasteiger partial charge in [-0.2, -0.15) is 0 Å². The molecule has 2 rings (SSSR count). The quantitative estimate of drug-likeness (QED) is 0.850. The molecule has 1 aromatic rings. The third-order valence-electron chi connectivity index (χ3n) is 2.71. The summed E-state index contributed by atoms with van der Waals surface area (Å²) in [7, 11) is 0. The molecule has 0 saturated heterocycles. The molecule has 0 spiro atoms. The maximum absolute atomic E-state index is 11.9. The fraction of sp³-hybridized carbons (Fsp3) is 0.286. The Morgan fingerprint density at radius 3 is 2.78 bits per heavy atom. The highest BCUT2D eigenvalue weighted by molar-refractivity contribution is 6.04. The predicted molar refractivity (Wildman–Crippen MR) is 73.6 cm³/mol. The zero-order valence-corrected chi connectivity index (χ0v) is 10.4. The molecule has 0 aliphatic carbocycles. The van der Waals surface area contributed by atoms with E-state index in [2.05, 4.69) is 22.5 Å². The molecule has 94 valence electrons. The number of carbonyl (C=O) groups is 1. The summed E-state index contributed by atoms with van der Waals surface area (Å²) in [5.74, 6) is -0.135. The molecular weight excluding hydrogens is 226 g/mol. The number of rotatable bonds is 4. The van der Waals surface area contributed by atoms with Crippen molar-refractivity contribution in [2.75, 3.05) is 11.9 Å². The Bertz CT molecular complexity index is 474. The van der Waals surface area contributed by atoms with Crippen molar-refractivity contribution < 1.29 is 4.79 Å². The monoisotopic (exact) mass is 243 g/mol. The number of amides is 1. The Morgan fingerprint density at radius 1 is 1.39 bits per heavy atom. The van der Waals surface area contributed by atoms with Crippen LogP contribution >= 0.6 is 0 Å². The van der Waals surface area contributed by atoms with Crippen molar-refractivity contribution >= 4 is 17.9 Å². The zero-order chi connectivity index (χ0) is 12.8. The van der Waals surface area contributed by atoms with Crippen LogP contribution in [0.15, 0.2) is 41.0 Å². The third-order valence-corrected chi connectivity index (χ3v) is 2.71. The highest BCUT2D eigenvalue weighted by Gasteiger charge is 2.09. The van der Waals surface area contributed by atoms with Crippen LogP contribution < -0.4 is 10.6 Å². The van der Waals surface area contributed by atoms with Gasteiger partial charge < -0.3 is 10.6 Å². The first-order valence-corrected chi connectivity index (χ1v) is 6.15. The van der Waals surface area contributed by atoms with E-state index in [1.165, 1.54) is 5.56 Å². The molecule has 2 N–H and O–H groups in total. The Kier molecular flexibility index (Phi) is 4.12. The molecule has 4 heteroatoms. The van der Waals surface area contributed by atoms with Crippen molar-refractivity contribution in [3.05, 3.63) is 41.6 Å². The van der Waals surface area contributed by atoms with Gasteiger partial charge >= 0.3 is 0 Å². The van der Waals surface area contributed by atoms with Crippen LogP contribution in [-0.4, -0.2) is 18.8 Å². The minimum atomic E-state index is -0.135. The molecule has 18 heavy (non-hydrogen) atoms. The number of nitrogens with one attached hydrogen (secondary N) is 2. The van der Waals surface area contributed by atoms with Gasteiger partial charge in [-0.25, -0.2) is 0 Å². The number of aliphatic imine (C=N–C) groups is 1. The van der Waals surface area contributed by atoms with Gasteiger partial charge in [0, 0.05) is 5.69 Å². The van der Waals surface area contributed by atoms with Crippen LogP contribution in [0.2, 0.25) is 0 Å². The van der Waals surface area contributed by atoms with E-state index in [-0.39, 0.29) is 5.91 Å². The standard InChI is InChI=1S/C14H17N3O/c1-2-3-11-4-6-12(7-5-11)17-14(18)13-8-9-15-10-16-13/h4-8,10H,2-3,9H2,1H3,(H,15,16)(H,17,18). The lowest BCUT2D eigenvalue weighted by Gasteiger charge is -2.11. The lowest BCUT2D eigenvalue weighted by molar-refractivity contribution is -0.113. The summed E-state index contributed by atoms with van der Waals surface area (Å²) in [5, 5.41) is 5.68. The first-order chi connectivity index (χ1) is 8.79. The minimum Gasteiger partial charge on any atom is -0.342 e. The van der Waals surface area contributed by atoms with Crippen LogP contribution in [0.25, 0.3) is 0 Å². The summed E-state index contributed by atoms with van der Waals surface area (Å²) in [6, 6.07) is 7.95. The summed E-state index contributed by atoms with van der Waals surface area (Å²) < 4.78 is 0. The molecule has 1 heterocycles. The van der Waals surface area contributed by atoms with E-state index in [0.717, 1.165) is 18.5 Å². The van der Waals surface area contributed by atoms with Crippen LogP contribution in [-0.2, 0) is 11.2 Å². The van der Waals surface area contributed by atoms with Crippen LogP contribution in [0.4, 0.5) is 5.69 Å². The number of anilines is 1. The fourth-order valence-electron chi connectivity index (χ4n) is 1.77. The Labute approximate surface area is 107 Å². The summed E-state index contributed by atoms with van der Waals surface area (Å²) in [4.78, 5) is 15.8. The minimum absolute atomic E-state index is 0.135. The van der Waals surface area contributed by atoms with Crippen LogP contribution in [0.5, 0.6) is 0 Å². The summed E-state index contributed by atoms with van der Waals surface area (Å²) in [6.45, 7) is 2.70. The molecule has 1 amide bonds. The van der Waals surface area contributed by atoms with Gasteiger partial charge in [-0.05, 0) is 30.2 Å².